The maximum Gasteiger partial charge on any atom is 0.262 e. The second-order valence-electron chi connectivity index (χ2n) is 8.22. The zero-order chi connectivity index (χ0) is 21.3. The van der Waals surface area contributed by atoms with Gasteiger partial charge in [-0.3, -0.25) is 14.2 Å². The second-order valence-corrected chi connectivity index (χ2v) is 9.22. The topological polar surface area (TPSA) is 67.2 Å². The molecule has 0 radical (unpaired) electrons. The molecule has 1 aliphatic heterocycles. The van der Waals surface area contributed by atoms with E-state index < -0.39 is 0 Å². The Morgan fingerprint density at radius 3 is 2.73 bits per heavy atom. The third-order valence-corrected chi connectivity index (χ3v) is 6.85. The number of hydrogen-bond donors (Lipinski definition) is 1. The SMILES string of the molecule is Cc1c(C(=O)NCc2ccccc2CN(C)C)sc2nc3n(c(=O)c12)CCCCC3. The molecule has 3 heterocycles. The molecule has 2 aromatic heterocycles. The number of nitrogens with one attached hydrogen (secondary N) is 1. The first-order valence-corrected chi connectivity index (χ1v) is 11.3. The first-order valence-electron chi connectivity index (χ1n) is 10.5. The molecule has 30 heavy (non-hydrogen) atoms. The molecule has 0 atom stereocenters. The van der Waals surface area contributed by atoms with Gasteiger partial charge in [0.15, 0.2) is 0 Å². The van der Waals surface area contributed by atoms with Crippen LogP contribution in [-0.2, 0) is 26.1 Å². The number of thiophene rings is 1. The van der Waals surface area contributed by atoms with Crippen LogP contribution >= 0.6 is 11.3 Å². The van der Waals surface area contributed by atoms with Crippen molar-refractivity contribution in [3.63, 3.8) is 0 Å². The molecule has 6 nitrogen and oxygen atoms in total. The van der Waals surface area contributed by atoms with E-state index in [2.05, 4.69) is 16.3 Å². The molecule has 1 aromatic carbocycles. The van der Waals surface area contributed by atoms with Gasteiger partial charge in [-0.05, 0) is 50.6 Å². The Balaban J connectivity index is 1.61. The number of carbonyl (C=O) groups is 1. The number of benzene rings is 1. The van der Waals surface area contributed by atoms with E-state index >= 15 is 0 Å². The number of carbonyl (C=O) groups excluding carboxylic acids is 1. The predicted molar refractivity (Wildman–Crippen MR) is 121 cm³/mol. The van der Waals surface area contributed by atoms with Gasteiger partial charge in [0.25, 0.3) is 11.5 Å². The van der Waals surface area contributed by atoms with Gasteiger partial charge >= 0.3 is 0 Å². The van der Waals surface area contributed by atoms with Crippen LogP contribution in [0.2, 0.25) is 0 Å². The molecule has 0 fully saturated rings. The Morgan fingerprint density at radius 2 is 1.97 bits per heavy atom. The summed E-state index contributed by atoms with van der Waals surface area (Å²) in [7, 11) is 4.06. The van der Waals surface area contributed by atoms with Crippen LogP contribution in [0.5, 0.6) is 0 Å². The van der Waals surface area contributed by atoms with Crippen LogP contribution < -0.4 is 10.9 Å². The smallest absolute Gasteiger partial charge is 0.262 e. The molecule has 1 aliphatic rings. The standard InChI is InChI=1S/C23H28N4O2S/c1-15-19-22(25-18-11-5-4-8-12-27(18)23(19)29)30-20(15)21(28)24-13-16-9-6-7-10-17(16)14-26(2)3/h6-7,9-10H,4-5,8,11-14H2,1-3H3,(H,24,28). The van der Waals surface area contributed by atoms with E-state index in [0.717, 1.165) is 55.7 Å². The number of fused-ring (bicyclic) bond motifs is 2. The third-order valence-electron chi connectivity index (χ3n) is 5.66. The molecular weight excluding hydrogens is 396 g/mol. The fourth-order valence-corrected chi connectivity index (χ4v) is 5.21. The number of nitrogens with zero attached hydrogens (tertiary/aromatic N) is 3. The van der Waals surface area contributed by atoms with Crippen LogP contribution in [0.25, 0.3) is 10.2 Å². The molecule has 0 bridgehead atoms. The Bertz CT molecular complexity index is 1150. The molecule has 0 unspecified atom stereocenters. The highest BCUT2D eigenvalue weighted by Gasteiger charge is 2.22. The highest BCUT2D eigenvalue weighted by molar-refractivity contribution is 7.20. The molecule has 1 N–H and O–H groups in total. The van der Waals surface area contributed by atoms with Crippen LogP contribution in [0.15, 0.2) is 29.1 Å². The molecule has 1 amide bonds. The first-order chi connectivity index (χ1) is 14.5. The van der Waals surface area contributed by atoms with E-state index in [-0.39, 0.29) is 11.5 Å². The van der Waals surface area contributed by atoms with Gasteiger partial charge in [0, 0.05) is 26.1 Å². The summed E-state index contributed by atoms with van der Waals surface area (Å²) >= 11 is 1.33. The third kappa shape index (κ3) is 4.04. The zero-order valence-electron chi connectivity index (χ0n) is 17.8. The van der Waals surface area contributed by atoms with Gasteiger partial charge in [0.1, 0.15) is 10.7 Å². The first kappa shape index (κ1) is 20.8. The Hall–Kier alpha value is -2.51. The summed E-state index contributed by atoms with van der Waals surface area (Å²) in [6, 6.07) is 8.14. The van der Waals surface area contributed by atoms with Crippen molar-refractivity contribution in [1.29, 1.82) is 0 Å². The van der Waals surface area contributed by atoms with E-state index in [0.29, 0.717) is 21.6 Å². The van der Waals surface area contributed by atoms with Gasteiger partial charge in [0.2, 0.25) is 0 Å². The summed E-state index contributed by atoms with van der Waals surface area (Å²) in [5.41, 5.74) is 3.04. The number of rotatable bonds is 5. The minimum atomic E-state index is -0.144. The van der Waals surface area contributed by atoms with Gasteiger partial charge in [-0.2, -0.15) is 0 Å². The summed E-state index contributed by atoms with van der Waals surface area (Å²) in [6.45, 7) is 3.86. The van der Waals surface area contributed by atoms with Gasteiger partial charge in [-0.15, -0.1) is 11.3 Å². The maximum absolute atomic E-state index is 13.1. The van der Waals surface area contributed by atoms with Crippen molar-refractivity contribution in [2.24, 2.45) is 0 Å². The Kier molecular flexibility index (Phi) is 6.01. The average Bonchev–Trinajstić information content (AvgIpc) is 2.88. The summed E-state index contributed by atoms with van der Waals surface area (Å²) in [6.07, 6.45) is 4.01. The predicted octanol–water partition coefficient (Wildman–Crippen LogP) is 3.48. The summed E-state index contributed by atoms with van der Waals surface area (Å²) in [5.74, 6) is 0.713. The van der Waals surface area contributed by atoms with Crippen molar-refractivity contribution in [3.8, 4) is 0 Å². The van der Waals surface area contributed by atoms with E-state index in [4.69, 9.17) is 4.98 Å². The lowest BCUT2D eigenvalue weighted by Gasteiger charge is -2.14. The fraction of sp³-hybridized carbons (Fsp3) is 0.435. The summed E-state index contributed by atoms with van der Waals surface area (Å²) in [4.78, 5) is 34.2. The molecule has 4 rings (SSSR count). The van der Waals surface area contributed by atoms with Crippen molar-refractivity contribution in [2.75, 3.05) is 14.1 Å². The van der Waals surface area contributed by atoms with Crippen LogP contribution in [0.1, 0.15) is 51.4 Å². The minimum Gasteiger partial charge on any atom is -0.347 e. The van der Waals surface area contributed by atoms with E-state index in [9.17, 15) is 9.59 Å². The monoisotopic (exact) mass is 424 g/mol. The van der Waals surface area contributed by atoms with E-state index in [1.54, 1.807) is 0 Å². The number of aromatic nitrogens is 2. The zero-order valence-corrected chi connectivity index (χ0v) is 18.6. The van der Waals surface area contributed by atoms with Crippen molar-refractivity contribution in [1.82, 2.24) is 19.8 Å². The highest BCUT2D eigenvalue weighted by atomic mass is 32.1. The fourth-order valence-electron chi connectivity index (χ4n) is 4.11. The molecule has 0 saturated heterocycles. The molecular formula is C23H28N4O2S. The van der Waals surface area contributed by atoms with Crippen LogP contribution in [0.3, 0.4) is 0 Å². The summed E-state index contributed by atoms with van der Waals surface area (Å²) in [5, 5.41) is 3.65. The van der Waals surface area contributed by atoms with Crippen molar-refractivity contribution in [2.45, 2.75) is 52.2 Å². The maximum atomic E-state index is 13.1. The van der Waals surface area contributed by atoms with Crippen molar-refractivity contribution < 1.29 is 4.79 Å². The molecule has 0 saturated carbocycles. The van der Waals surface area contributed by atoms with Crippen LogP contribution in [0.4, 0.5) is 0 Å². The second kappa shape index (κ2) is 8.70. The molecule has 0 aliphatic carbocycles. The number of hydrogen-bond acceptors (Lipinski definition) is 5. The van der Waals surface area contributed by atoms with Gasteiger partial charge in [0.05, 0.1) is 10.3 Å². The lowest BCUT2D eigenvalue weighted by atomic mass is 10.1. The van der Waals surface area contributed by atoms with Gasteiger partial charge < -0.3 is 10.2 Å². The van der Waals surface area contributed by atoms with Gasteiger partial charge in [-0.25, -0.2) is 4.98 Å². The van der Waals surface area contributed by atoms with E-state index in [1.807, 2.05) is 43.8 Å². The number of aryl methyl sites for hydroxylation is 2. The van der Waals surface area contributed by atoms with Gasteiger partial charge in [-0.1, -0.05) is 30.7 Å². The van der Waals surface area contributed by atoms with Crippen LogP contribution in [0, 0.1) is 6.92 Å². The lowest BCUT2D eigenvalue weighted by molar-refractivity contribution is 0.0954. The summed E-state index contributed by atoms with van der Waals surface area (Å²) < 4.78 is 1.81. The largest absolute Gasteiger partial charge is 0.347 e. The van der Waals surface area contributed by atoms with E-state index in [1.165, 1.54) is 16.9 Å². The number of amides is 1. The Morgan fingerprint density at radius 1 is 1.20 bits per heavy atom. The molecule has 3 aromatic rings. The average molecular weight is 425 g/mol. The van der Waals surface area contributed by atoms with Crippen molar-refractivity contribution in [3.05, 3.63) is 62.0 Å². The molecule has 158 valence electrons. The van der Waals surface area contributed by atoms with Crippen molar-refractivity contribution >= 4 is 27.5 Å². The Labute approximate surface area is 180 Å². The van der Waals surface area contributed by atoms with Crippen LogP contribution in [-0.4, -0.2) is 34.5 Å². The molecule has 0 spiro atoms. The molecule has 7 heteroatoms. The quantitative estimate of drug-likeness (QED) is 0.681. The lowest BCUT2D eigenvalue weighted by Crippen LogP contribution is -2.25. The minimum absolute atomic E-state index is 0.000952. The highest BCUT2D eigenvalue weighted by Crippen LogP contribution is 2.28. The normalized spacial score (nSPS) is 14.0.